The van der Waals surface area contributed by atoms with E-state index in [0.717, 1.165) is 22.1 Å². The second-order valence-corrected chi connectivity index (χ2v) is 10.6. The summed E-state index contributed by atoms with van der Waals surface area (Å²) < 4.78 is 25.6. The molecule has 0 fully saturated rings. The average Bonchev–Trinajstić information content (AvgIpc) is 2.62. The van der Waals surface area contributed by atoms with Crippen molar-refractivity contribution in [3.05, 3.63) is 58.6 Å². The number of nitrogens with zero attached hydrogens (tertiary/aromatic N) is 1. The second-order valence-electron chi connectivity index (χ2n) is 7.17. The molecule has 138 valence electrons. The van der Waals surface area contributed by atoms with Crippen molar-refractivity contribution in [3.8, 4) is 0 Å². The van der Waals surface area contributed by atoms with Gasteiger partial charge in [0.2, 0.25) is 5.91 Å². The maximum atomic E-state index is 13.3. The highest BCUT2D eigenvalue weighted by Gasteiger charge is 2.46. The Hall–Kier alpha value is -1.66. The zero-order chi connectivity index (χ0) is 19.1. The van der Waals surface area contributed by atoms with Gasteiger partial charge in [-0.15, -0.1) is 0 Å². The lowest BCUT2D eigenvalue weighted by Crippen LogP contribution is -2.51. The van der Waals surface area contributed by atoms with Gasteiger partial charge in [0, 0.05) is 16.7 Å². The summed E-state index contributed by atoms with van der Waals surface area (Å²) in [6.07, 6.45) is 0.817. The standard InChI is InChI=1S/C20H22BrNO3S/c1-14-12-13-22(18-7-5-4-6-17(14)18)19(23)20(2,3)26(24,25)16-10-8-15(21)9-11-16/h4-11,14H,12-13H2,1-3H3. The zero-order valence-electron chi connectivity index (χ0n) is 15.1. The molecular formula is C20H22BrNO3S. The van der Waals surface area contributed by atoms with Gasteiger partial charge in [0.25, 0.3) is 0 Å². The van der Waals surface area contributed by atoms with Crippen molar-refractivity contribution >= 4 is 37.4 Å². The van der Waals surface area contributed by atoms with Crippen molar-refractivity contribution in [1.29, 1.82) is 0 Å². The molecule has 2 aromatic carbocycles. The van der Waals surface area contributed by atoms with Crippen molar-refractivity contribution in [1.82, 2.24) is 0 Å². The minimum atomic E-state index is -3.83. The third-order valence-corrected chi connectivity index (χ3v) is 8.04. The molecule has 2 aromatic rings. The van der Waals surface area contributed by atoms with Crippen LogP contribution in [0.4, 0.5) is 5.69 Å². The number of carbonyl (C=O) groups is 1. The first-order valence-corrected chi connectivity index (χ1v) is 10.8. The Morgan fingerprint density at radius 2 is 1.73 bits per heavy atom. The Balaban J connectivity index is 2.01. The smallest absolute Gasteiger partial charge is 0.248 e. The van der Waals surface area contributed by atoms with E-state index in [1.54, 1.807) is 17.0 Å². The predicted molar refractivity (Wildman–Crippen MR) is 107 cm³/mol. The molecular weight excluding hydrogens is 414 g/mol. The third kappa shape index (κ3) is 3.09. The number of anilines is 1. The number of benzene rings is 2. The molecule has 1 atom stereocenters. The summed E-state index contributed by atoms with van der Waals surface area (Å²) in [5.74, 6) is -0.0405. The summed E-state index contributed by atoms with van der Waals surface area (Å²) in [5, 5.41) is 0. The SMILES string of the molecule is CC1CCN(C(=O)C(C)(C)S(=O)(=O)c2ccc(Br)cc2)c2ccccc21. The van der Waals surface area contributed by atoms with Crippen LogP contribution >= 0.6 is 15.9 Å². The molecule has 1 aliphatic rings. The van der Waals surface area contributed by atoms with Gasteiger partial charge in [-0.2, -0.15) is 0 Å². The molecule has 26 heavy (non-hydrogen) atoms. The number of amides is 1. The minimum absolute atomic E-state index is 0.151. The molecule has 0 spiro atoms. The van der Waals surface area contributed by atoms with Gasteiger partial charge >= 0.3 is 0 Å². The summed E-state index contributed by atoms with van der Waals surface area (Å²) in [6, 6.07) is 14.1. The van der Waals surface area contributed by atoms with Crippen molar-refractivity contribution < 1.29 is 13.2 Å². The average molecular weight is 436 g/mol. The Labute approximate surface area is 163 Å². The summed E-state index contributed by atoms with van der Waals surface area (Å²) >= 11 is 3.31. The number of sulfone groups is 1. The third-order valence-electron chi connectivity index (χ3n) is 5.10. The summed E-state index contributed by atoms with van der Waals surface area (Å²) in [5.41, 5.74) is 1.90. The molecule has 0 radical (unpaired) electrons. The molecule has 0 saturated heterocycles. The lowest BCUT2D eigenvalue weighted by molar-refractivity contribution is -0.120. The van der Waals surface area contributed by atoms with Gasteiger partial charge in [0.15, 0.2) is 9.84 Å². The monoisotopic (exact) mass is 435 g/mol. The highest BCUT2D eigenvalue weighted by molar-refractivity contribution is 9.10. The Kier molecular flexibility index (Phi) is 5.01. The van der Waals surface area contributed by atoms with Crippen molar-refractivity contribution in [2.24, 2.45) is 0 Å². The van der Waals surface area contributed by atoms with Crippen molar-refractivity contribution in [3.63, 3.8) is 0 Å². The maximum Gasteiger partial charge on any atom is 0.248 e. The van der Waals surface area contributed by atoms with Gasteiger partial charge in [-0.3, -0.25) is 4.79 Å². The van der Waals surface area contributed by atoms with Crippen LogP contribution in [0, 0.1) is 0 Å². The number of fused-ring (bicyclic) bond motifs is 1. The molecule has 6 heteroatoms. The Morgan fingerprint density at radius 3 is 2.38 bits per heavy atom. The second kappa shape index (κ2) is 6.82. The van der Waals surface area contributed by atoms with E-state index < -0.39 is 14.6 Å². The summed E-state index contributed by atoms with van der Waals surface area (Å²) in [4.78, 5) is 15.1. The van der Waals surface area contributed by atoms with Crippen LogP contribution in [0.25, 0.3) is 0 Å². The van der Waals surface area contributed by atoms with Gasteiger partial charge in [-0.05, 0) is 62.1 Å². The van der Waals surface area contributed by atoms with E-state index in [-0.39, 0.29) is 10.8 Å². The quantitative estimate of drug-likeness (QED) is 0.710. The Bertz CT molecular complexity index is 936. The molecule has 3 rings (SSSR count). The van der Waals surface area contributed by atoms with Crippen LogP contribution in [0.1, 0.15) is 38.7 Å². The van der Waals surface area contributed by atoms with Gasteiger partial charge in [0.1, 0.15) is 4.75 Å². The minimum Gasteiger partial charge on any atom is -0.311 e. The molecule has 0 bridgehead atoms. The summed E-state index contributed by atoms with van der Waals surface area (Å²) in [7, 11) is -3.83. The first kappa shape index (κ1) is 19.1. The van der Waals surface area contributed by atoms with E-state index in [2.05, 4.69) is 22.9 Å². The van der Waals surface area contributed by atoms with Crippen LogP contribution in [-0.4, -0.2) is 25.6 Å². The van der Waals surface area contributed by atoms with E-state index in [9.17, 15) is 13.2 Å². The fourth-order valence-electron chi connectivity index (χ4n) is 3.31. The van der Waals surface area contributed by atoms with E-state index in [1.807, 2.05) is 24.3 Å². The highest BCUT2D eigenvalue weighted by atomic mass is 79.9. The number of carbonyl (C=O) groups excluding carboxylic acids is 1. The molecule has 1 unspecified atom stereocenters. The van der Waals surface area contributed by atoms with Gasteiger partial charge in [-0.25, -0.2) is 8.42 Å². The molecule has 4 nitrogen and oxygen atoms in total. The lowest BCUT2D eigenvalue weighted by Gasteiger charge is -2.37. The summed E-state index contributed by atoms with van der Waals surface area (Å²) in [6.45, 7) is 5.64. The Morgan fingerprint density at radius 1 is 1.12 bits per heavy atom. The number of halogens is 1. The van der Waals surface area contributed by atoms with Crippen LogP contribution in [-0.2, 0) is 14.6 Å². The topological polar surface area (TPSA) is 54.5 Å². The van der Waals surface area contributed by atoms with E-state index in [1.165, 1.54) is 26.0 Å². The van der Waals surface area contributed by atoms with Gasteiger partial charge in [-0.1, -0.05) is 41.1 Å². The van der Waals surface area contributed by atoms with Crippen LogP contribution in [0.5, 0.6) is 0 Å². The molecule has 1 aliphatic heterocycles. The van der Waals surface area contributed by atoms with Crippen LogP contribution in [0.3, 0.4) is 0 Å². The van der Waals surface area contributed by atoms with Crippen molar-refractivity contribution in [2.75, 3.05) is 11.4 Å². The predicted octanol–water partition coefficient (Wildman–Crippen LogP) is 4.54. The fraction of sp³-hybridized carbons (Fsp3) is 0.350. The number of hydrogen-bond donors (Lipinski definition) is 0. The van der Waals surface area contributed by atoms with Crippen LogP contribution in [0.2, 0.25) is 0 Å². The zero-order valence-corrected chi connectivity index (χ0v) is 17.5. The molecule has 0 aliphatic carbocycles. The maximum absolute atomic E-state index is 13.3. The number of para-hydroxylation sites is 1. The lowest BCUT2D eigenvalue weighted by atomic mass is 9.91. The normalized spacial score (nSPS) is 17.7. The first-order chi connectivity index (χ1) is 12.2. The largest absolute Gasteiger partial charge is 0.311 e. The number of rotatable bonds is 3. The van der Waals surface area contributed by atoms with E-state index in [0.29, 0.717) is 12.5 Å². The van der Waals surface area contributed by atoms with Gasteiger partial charge < -0.3 is 4.90 Å². The van der Waals surface area contributed by atoms with Crippen LogP contribution < -0.4 is 4.90 Å². The first-order valence-electron chi connectivity index (χ1n) is 8.57. The van der Waals surface area contributed by atoms with Crippen molar-refractivity contribution in [2.45, 2.75) is 42.8 Å². The van der Waals surface area contributed by atoms with E-state index in [4.69, 9.17) is 0 Å². The molecule has 1 heterocycles. The molecule has 1 amide bonds. The van der Waals surface area contributed by atoms with Gasteiger partial charge in [0.05, 0.1) is 4.90 Å². The molecule has 0 aromatic heterocycles. The number of hydrogen-bond acceptors (Lipinski definition) is 3. The molecule has 0 N–H and O–H groups in total. The molecule has 0 saturated carbocycles. The fourth-order valence-corrected chi connectivity index (χ4v) is 5.00. The van der Waals surface area contributed by atoms with Crippen LogP contribution in [0.15, 0.2) is 57.9 Å². The van der Waals surface area contributed by atoms with E-state index >= 15 is 0 Å². The highest BCUT2D eigenvalue weighted by Crippen LogP contribution is 2.37.